The van der Waals surface area contributed by atoms with Crippen molar-refractivity contribution >= 4 is 23.5 Å². The first-order valence-electron chi connectivity index (χ1n) is 8.33. The number of anilines is 1. The molecule has 1 aliphatic heterocycles. The minimum Gasteiger partial charge on any atom is -0.465 e. The van der Waals surface area contributed by atoms with Crippen LogP contribution in [0.3, 0.4) is 0 Å². The van der Waals surface area contributed by atoms with Crippen molar-refractivity contribution in [1.82, 2.24) is 0 Å². The Morgan fingerprint density at radius 3 is 2.29 bits per heavy atom. The average Bonchev–Trinajstić information content (AvgIpc) is 3.19. The van der Waals surface area contributed by atoms with Crippen LogP contribution >= 0.6 is 0 Å². The largest absolute Gasteiger partial charge is 0.465 e. The van der Waals surface area contributed by atoms with Crippen LogP contribution < -0.4 is 4.90 Å². The zero-order valence-electron chi connectivity index (χ0n) is 13.3. The van der Waals surface area contributed by atoms with Crippen molar-refractivity contribution in [3.05, 3.63) is 42.0 Å². The summed E-state index contributed by atoms with van der Waals surface area (Å²) in [7, 11) is 1.31. The Bertz CT molecular complexity index is 788. The standard InChI is InChI=1S/C19H17NO4/c1-24-18(23)10-3-2-4-11(9-10)20-16(21)14-12-5-6-13(15(14)17(20)22)19(12)7-8-19/h2-6,9,12-15H,7-8H2,1H3/t12-,13-,14-,15-/m0/s1. The molecule has 1 aromatic rings. The van der Waals surface area contributed by atoms with Gasteiger partial charge in [0.05, 0.1) is 30.2 Å². The molecule has 2 bridgehead atoms. The highest BCUT2D eigenvalue weighted by Crippen LogP contribution is 2.73. The lowest BCUT2D eigenvalue weighted by Gasteiger charge is -2.22. The first-order valence-corrected chi connectivity index (χ1v) is 8.33. The molecule has 5 nitrogen and oxygen atoms in total. The van der Waals surface area contributed by atoms with Gasteiger partial charge in [-0.25, -0.2) is 9.69 Å². The van der Waals surface area contributed by atoms with Gasteiger partial charge in [-0.2, -0.15) is 0 Å². The van der Waals surface area contributed by atoms with E-state index in [-0.39, 0.29) is 40.9 Å². The summed E-state index contributed by atoms with van der Waals surface area (Å²) in [4.78, 5) is 39.0. The van der Waals surface area contributed by atoms with Crippen LogP contribution in [-0.4, -0.2) is 24.9 Å². The monoisotopic (exact) mass is 323 g/mol. The van der Waals surface area contributed by atoms with Gasteiger partial charge in [0.2, 0.25) is 11.8 Å². The van der Waals surface area contributed by atoms with E-state index in [1.54, 1.807) is 24.3 Å². The number of methoxy groups -OCH3 is 1. The zero-order valence-corrected chi connectivity index (χ0v) is 13.3. The molecule has 1 saturated heterocycles. The Kier molecular flexibility index (Phi) is 2.53. The van der Waals surface area contributed by atoms with E-state index in [1.807, 2.05) is 0 Å². The van der Waals surface area contributed by atoms with E-state index in [9.17, 15) is 14.4 Å². The summed E-state index contributed by atoms with van der Waals surface area (Å²) in [6, 6.07) is 6.55. The Balaban J connectivity index is 1.53. The molecule has 122 valence electrons. The van der Waals surface area contributed by atoms with Gasteiger partial charge in [-0.15, -0.1) is 0 Å². The van der Waals surface area contributed by atoms with Gasteiger partial charge < -0.3 is 4.74 Å². The van der Waals surface area contributed by atoms with Crippen molar-refractivity contribution in [2.75, 3.05) is 12.0 Å². The molecule has 2 amide bonds. The van der Waals surface area contributed by atoms with E-state index in [1.165, 1.54) is 12.0 Å². The van der Waals surface area contributed by atoms with E-state index in [0.717, 1.165) is 12.8 Å². The number of ether oxygens (including phenoxy) is 1. The van der Waals surface area contributed by atoms with Crippen LogP contribution in [0.1, 0.15) is 23.2 Å². The van der Waals surface area contributed by atoms with Crippen LogP contribution in [-0.2, 0) is 14.3 Å². The maximum Gasteiger partial charge on any atom is 0.337 e. The van der Waals surface area contributed by atoms with E-state index in [4.69, 9.17) is 4.74 Å². The molecular weight excluding hydrogens is 306 g/mol. The lowest BCUT2D eigenvalue weighted by atomic mass is 9.85. The quantitative estimate of drug-likeness (QED) is 0.475. The number of rotatable bonds is 2. The van der Waals surface area contributed by atoms with Crippen LogP contribution in [0.5, 0.6) is 0 Å². The van der Waals surface area contributed by atoms with E-state index < -0.39 is 5.97 Å². The highest BCUT2D eigenvalue weighted by Gasteiger charge is 2.73. The Morgan fingerprint density at radius 1 is 1.12 bits per heavy atom. The van der Waals surface area contributed by atoms with Crippen LogP contribution in [0.15, 0.2) is 36.4 Å². The normalized spacial score (nSPS) is 34.1. The molecule has 5 heteroatoms. The number of carbonyl (C=O) groups is 3. The van der Waals surface area contributed by atoms with Gasteiger partial charge >= 0.3 is 5.97 Å². The van der Waals surface area contributed by atoms with Crippen LogP contribution in [0.4, 0.5) is 5.69 Å². The van der Waals surface area contributed by atoms with Crippen molar-refractivity contribution in [2.45, 2.75) is 12.8 Å². The molecule has 0 radical (unpaired) electrons. The maximum atomic E-state index is 13.0. The molecule has 4 aliphatic rings. The summed E-state index contributed by atoms with van der Waals surface area (Å²) in [5.41, 5.74) is 1.000. The second-order valence-electron chi connectivity index (χ2n) is 7.27. The summed E-state index contributed by atoms with van der Waals surface area (Å²) < 4.78 is 4.72. The van der Waals surface area contributed by atoms with Crippen LogP contribution in [0.25, 0.3) is 0 Å². The lowest BCUT2D eigenvalue weighted by Crippen LogP contribution is -2.34. The molecule has 0 N–H and O–H groups in total. The molecule has 3 fully saturated rings. The number of carbonyl (C=O) groups excluding carboxylic acids is 3. The second-order valence-corrected chi connectivity index (χ2v) is 7.27. The molecule has 4 atom stereocenters. The third kappa shape index (κ3) is 1.48. The summed E-state index contributed by atoms with van der Waals surface area (Å²) in [6.45, 7) is 0. The molecule has 2 saturated carbocycles. The Hall–Kier alpha value is -2.43. The van der Waals surface area contributed by atoms with Crippen molar-refractivity contribution in [3.63, 3.8) is 0 Å². The number of benzene rings is 1. The number of allylic oxidation sites excluding steroid dienone is 2. The zero-order chi connectivity index (χ0) is 16.6. The number of esters is 1. The molecule has 24 heavy (non-hydrogen) atoms. The van der Waals surface area contributed by atoms with Crippen molar-refractivity contribution in [2.24, 2.45) is 29.1 Å². The Morgan fingerprint density at radius 2 is 1.75 bits per heavy atom. The average molecular weight is 323 g/mol. The highest BCUT2D eigenvalue weighted by atomic mass is 16.5. The van der Waals surface area contributed by atoms with Gasteiger partial charge in [0.25, 0.3) is 0 Å². The van der Waals surface area contributed by atoms with Gasteiger partial charge in [0.1, 0.15) is 0 Å². The molecule has 1 heterocycles. The number of hydrogen-bond donors (Lipinski definition) is 0. The SMILES string of the molecule is COC(=O)c1cccc(N2C(=O)[C@@H]3[C@@H](C2=O)[C@@H]2C=C[C@@H]3C23CC3)c1. The third-order valence-corrected chi connectivity index (χ3v) is 6.38. The van der Waals surface area contributed by atoms with Crippen molar-refractivity contribution in [1.29, 1.82) is 0 Å². The number of hydrogen-bond acceptors (Lipinski definition) is 4. The molecule has 1 spiro atoms. The number of imide groups is 1. The molecule has 1 aromatic carbocycles. The molecule has 0 unspecified atom stereocenters. The van der Waals surface area contributed by atoms with Crippen LogP contribution in [0, 0.1) is 29.1 Å². The smallest absolute Gasteiger partial charge is 0.337 e. The maximum absolute atomic E-state index is 13.0. The summed E-state index contributed by atoms with van der Waals surface area (Å²) >= 11 is 0. The fraction of sp³-hybridized carbons (Fsp3) is 0.421. The fourth-order valence-electron chi connectivity index (χ4n) is 5.22. The molecule has 3 aliphatic carbocycles. The summed E-state index contributed by atoms with van der Waals surface area (Å²) in [6.07, 6.45) is 6.55. The predicted molar refractivity (Wildman–Crippen MR) is 85.0 cm³/mol. The minimum absolute atomic E-state index is 0.116. The summed E-state index contributed by atoms with van der Waals surface area (Å²) in [5.74, 6) is -0.746. The van der Waals surface area contributed by atoms with Gasteiger partial charge in [0, 0.05) is 0 Å². The van der Waals surface area contributed by atoms with Crippen molar-refractivity contribution < 1.29 is 19.1 Å². The number of fused-ring (bicyclic) bond motifs is 3. The first-order chi connectivity index (χ1) is 11.6. The highest BCUT2D eigenvalue weighted by molar-refractivity contribution is 6.23. The van der Waals surface area contributed by atoms with E-state index >= 15 is 0 Å². The fourth-order valence-corrected chi connectivity index (χ4v) is 5.22. The number of nitrogens with zero attached hydrogens (tertiary/aromatic N) is 1. The number of amides is 2. The van der Waals surface area contributed by atoms with Gasteiger partial charge in [0.15, 0.2) is 0 Å². The summed E-state index contributed by atoms with van der Waals surface area (Å²) in [5, 5.41) is 0. The minimum atomic E-state index is -0.477. The Labute approximate surface area is 139 Å². The lowest BCUT2D eigenvalue weighted by molar-refractivity contribution is -0.123. The predicted octanol–water partition coefficient (Wildman–Crippen LogP) is 2.17. The second kappa shape index (κ2) is 4.35. The van der Waals surface area contributed by atoms with Gasteiger partial charge in [-0.1, -0.05) is 18.2 Å². The molecule has 5 rings (SSSR count). The third-order valence-electron chi connectivity index (χ3n) is 6.38. The van der Waals surface area contributed by atoms with Crippen molar-refractivity contribution in [3.8, 4) is 0 Å². The molecule has 0 aromatic heterocycles. The van der Waals surface area contributed by atoms with Crippen LogP contribution in [0.2, 0.25) is 0 Å². The van der Waals surface area contributed by atoms with Gasteiger partial charge in [-0.3, -0.25) is 9.59 Å². The first kappa shape index (κ1) is 14.0. The topological polar surface area (TPSA) is 63.7 Å². The molecular formula is C19H17NO4. The van der Waals surface area contributed by atoms with E-state index in [0.29, 0.717) is 11.3 Å². The van der Waals surface area contributed by atoms with E-state index in [2.05, 4.69) is 12.2 Å². The van der Waals surface area contributed by atoms with Gasteiger partial charge in [-0.05, 0) is 48.3 Å².